The number of nitrogens with zero attached hydrogens (tertiary/aromatic N) is 1. The Bertz CT molecular complexity index is 843. The highest BCUT2D eigenvalue weighted by Gasteiger charge is 2.01. The van der Waals surface area contributed by atoms with Crippen LogP contribution in [0.15, 0.2) is 77.9 Å². The third-order valence-corrected chi connectivity index (χ3v) is 3.68. The molecule has 0 unspecified atom stereocenters. The average molecular weight is 334 g/mol. The molecule has 0 aliphatic carbocycles. The molecule has 4 heteroatoms. The van der Waals surface area contributed by atoms with Crippen LogP contribution in [0.5, 0.6) is 5.75 Å². The molecular weight excluding hydrogens is 315 g/mol. The summed E-state index contributed by atoms with van der Waals surface area (Å²) in [4.78, 5) is 0. The maximum absolute atomic E-state index is 12.9. The number of hydrazone groups is 1. The van der Waals surface area contributed by atoms with E-state index in [0.717, 1.165) is 22.6 Å². The lowest BCUT2D eigenvalue weighted by molar-refractivity contribution is 0.306. The van der Waals surface area contributed by atoms with Gasteiger partial charge >= 0.3 is 0 Å². The molecule has 0 heterocycles. The van der Waals surface area contributed by atoms with Crippen LogP contribution in [0, 0.1) is 12.7 Å². The minimum atomic E-state index is -0.274. The number of ether oxygens (including phenoxy) is 1. The molecule has 0 saturated carbocycles. The summed E-state index contributed by atoms with van der Waals surface area (Å²) in [6.07, 6.45) is 1.69. The van der Waals surface area contributed by atoms with E-state index in [1.807, 2.05) is 24.3 Å². The van der Waals surface area contributed by atoms with Crippen molar-refractivity contribution in [1.82, 2.24) is 0 Å². The Kier molecular flexibility index (Phi) is 5.42. The Hall–Kier alpha value is -3.14. The first kappa shape index (κ1) is 16.7. The van der Waals surface area contributed by atoms with Crippen LogP contribution in [0.25, 0.3) is 0 Å². The molecule has 3 aromatic rings. The van der Waals surface area contributed by atoms with Crippen molar-refractivity contribution in [3.05, 3.63) is 95.3 Å². The molecule has 0 spiro atoms. The molecule has 0 atom stereocenters. The van der Waals surface area contributed by atoms with Crippen LogP contribution in [-0.2, 0) is 6.61 Å². The van der Waals surface area contributed by atoms with Crippen LogP contribution in [0.3, 0.4) is 0 Å². The van der Waals surface area contributed by atoms with E-state index >= 15 is 0 Å². The first-order valence-electron chi connectivity index (χ1n) is 8.03. The Balaban J connectivity index is 1.64. The van der Waals surface area contributed by atoms with E-state index in [9.17, 15) is 4.39 Å². The average Bonchev–Trinajstić information content (AvgIpc) is 2.64. The van der Waals surface area contributed by atoms with E-state index in [1.54, 1.807) is 18.3 Å². The monoisotopic (exact) mass is 334 g/mol. The Morgan fingerprint density at radius 3 is 2.44 bits per heavy atom. The van der Waals surface area contributed by atoms with Crippen LogP contribution in [0.4, 0.5) is 10.1 Å². The first-order chi connectivity index (χ1) is 12.2. The van der Waals surface area contributed by atoms with E-state index in [2.05, 4.69) is 41.7 Å². The third kappa shape index (κ3) is 4.91. The van der Waals surface area contributed by atoms with Gasteiger partial charge in [-0.15, -0.1) is 0 Å². The molecule has 0 aliphatic rings. The molecule has 0 bridgehead atoms. The zero-order valence-corrected chi connectivity index (χ0v) is 13.9. The molecule has 0 saturated heterocycles. The van der Waals surface area contributed by atoms with Crippen LogP contribution in [0.2, 0.25) is 0 Å². The Morgan fingerprint density at radius 1 is 0.960 bits per heavy atom. The van der Waals surface area contributed by atoms with Crippen molar-refractivity contribution in [3.63, 3.8) is 0 Å². The number of nitrogens with one attached hydrogen (secondary N) is 1. The van der Waals surface area contributed by atoms with Gasteiger partial charge in [-0.05, 0) is 48.9 Å². The van der Waals surface area contributed by atoms with Crippen molar-refractivity contribution in [1.29, 1.82) is 0 Å². The largest absolute Gasteiger partial charge is 0.488 e. The van der Waals surface area contributed by atoms with E-state index in [4.69, 9.17) is 4.74 Å². The van der Waals surface area contributed by atoms with E-state index in [0.29, 0.717) is 6.61 Å². The van der Waals surface area contributed by atoms with Gasteiger partial charge in [0.2, 0.25) is 0 Å². The first-order valence-corrected chi connectivity index (χ1v) is 8.03. The number of hydrogen-bond donors (Lipinski definition) is 1. The summed E-state index contributed by atoms with van der Waals surface area (Å²) in [6.45, 7) is 2.56. The second-order valence-corrected chi connectivity index (χ2v) is 5.69. The summed E-state index contributed by atoms with van der Waals surface area (Å²) in [5, 5.41) is 4.19. The molecular formula is C21H19FN2O. The fourth-order valence-electron chi connectivity index (χ4n) is 2.26. The number of anilines is 1. The van der Waals surface area contributed by atoms with E-state index in [1.165, 1.54) is 17.7 Å². The standard InChI is InChI=1S/C21H19FN2O/c1-16-6-8-17(9-7-16)15-25-21-5-3-2-4-18(21)14-23-24-20-12-10-19(22)11-13-20/h2-14,24H,15H2,1H3/b23-14+. The maximum Gasteiger partial charge on any atom is 0.128 e. The molecule has 0 radical (unpaired) electrons. The van der Waals surface area contributed by atoms with Gasteiger partial charge in [0, 0.05) is 5.56 Å². The topological polar surface area (TPSA) is 33.6 Å². The predicted molar refractivity (Wildman–Crippen MR) is 99.6 cm³/mol. The van der Waals surface area contributed by atoms with Crippen molar-refractivity contribution >= 4 is 11.9 Å². The smallest absolute Gasteiger partial charge is 0.128 e. The highest BCUT2D eigenvalue weighted by molar-refractivity contribution is 5.84. The van der Waals surface area contributed by atoms with Crippen molar-refractivity contribution in [2.75, 3.05) is 5.43 Å². The quantitative estimate of drug-likeness (QED) is 0.499. The lowest BCUT2D eigenvalue weighted by Gasteiger charge is -2.09. The van der Waals surface area contributed by atoms with Crippen molar-refractivity contribution in [2.24, 2.45) is 5.10 Å². The molecule has 3 nitrogen and oxygen atoms in total. The van der Waals surface area contributed by atoms with Gasteiger partial charge in [-0.25, -0.2) is 4.39 Å². The second kappa shape index (κ2) is 8.11. The fraction of sp³-hybridized carbons (Fsp3) is 0.0952. The van der Waals surface area contributed by atoms with Gasteiger partial charge in [0.25, 0.3) is 0 Å². The number of halogens is 1. The van der Waals surface area contributed by atoms with Crippen molar-refractivity contribution in [3.8, 4) is 5.75 Å². The summed E-state index contributed by atoms with van der Waals surface area (Å²) in [5.41, 5.74) is 6.80. The van der Waals surface area contributed by atoms with Crippen molar-refractivity contribution in [2.45, 2.75) is 13.5 Å². The van der Waals surface area contributed by atoms with Crippen molar-refractivity contribution < 1.29 is 9.13 Å². The predicted octanol–water partition coefficient (Wildman–Crippen LogP) is 5.16. The maximum atomic E-state index is 12.9. The van der Waals surface area contributed by atoms with Crippen LogP contribution in [0.1, 0.15) is 16.7 Å². The summed E-state index contributed by atoms with van der Waals surface area (Å²) in [6, 6.07) is 22.0. The number of rotatable bonds is 6. The fourth-order valence-corrected chi connectivity index (χ4v) is 2.26. The number of aryl methyl sites for hydroxylation is 1. The minimum Gasteiger partial charge on any atom is -0.488 e. The van der Waals surface area contributed by atoms with Gasteiger partial charge in [-0.3, -0.25) is 5.43 Å². The van der Waals surface area contributed by atoms with Gasteiger partial charge < -0.3 is 4.74 Å². The summed E-state index contributed by atoms with van der Waals surface area (Å²) in [7, 11) is 0. The van der Waals surface area contributed by atoms with Gasteiger partial charge in [0.1, 0.15) is 18.2 Å². The minimum absolute atomic E-state index is 0.274. The molecule has 25 heavy (non-hydrogen) atoms. The Morgan fingerprint density at radius 2 is 1.68 bits per heavy atom. The lowest BCUT2D eigenvalue weighted by Crippen LogP contribution is -1.99. The van der Waals surface area contributed by atoms with E-state index in [-0.39, 0.29) is 5.82 Å². The number of hydrogen-bond acceptors (Lipinski definition) is 3. The second-order valence-electron chi connectivity index (χ2n) is 5.69. The van der Waals surface area contributed by atoms with Gasteiger partial charge in [-0.1, -0.05) is 42.0 Å². The molecule has 0 aromatic heterocycles. The molecule has 126 valence electrons. The van der Waals surface area contributed by atoms with Crippen LogP contribution < -0.4 is 10.2 Å². The molecule has 3 aromatic carbocycles. The summed E-state index contributed by atoms with van der Waals surface area (Å²) < 4.78 is 18.8. The Labute approximate surface area is 146 Å². The van der Waals surface area contributed by atoms with Gasteiger partial charge in [0.05, 0.1) is 11.9 Å². The van der Waals surface area contributed by atoms with Gasteiger partial charge in [0.15, 0.2) is 0 Å². The molecule has 3 rings (SSSR count). The van der Waals surface area contributed by atoms with Gasteiger partial charge in [-0.2, -0.15) is 5.10 Å². The highest BCUT2D eigenvalue weighted by Crippen LogP contribution is 2.18. The van der Waals surface area contributed by atoms with Crippen LogP contribution in [-0.4, -0.2) is 6.21 Å². The zero-order valence-electron chi connectivity index (χ0n) is 13.9. The molecule has 0 aliphatic heterocycles. The lowest BCUT2D eigenvalue weighted by atomic mass is 10.1. The third-order valence-electron chi connectivity index (χ3n) is 3.68. The van der Waals surface area contributed by atoms with E-state index < -0.39 is 0 Å². The molecule has 1 N–H and O–H groups in total. The summed E-state index contributed by atoms with van der Waals surface area (Å²) in [5.74, 6) is 0.483. The molecule has 0 amide bonds. The SMILES string of the molecule is Cc1ccc(COc2ccccc2/C=N/Nc2ccc(F)cc2)cc1. The summed E-state index contributed by atoms with van der Waals surface area (Å²) >= 11 is 0. The number of para-hydroxylation sites is 1. The number of benzene rings is 3. The normalized spacial score (nSPS) is 10.8. The molecule has 0 fully saturated rings. The highest BCUT2D eigenvalue weighted by atomic mass is 19.1. The van der Waals surface area contributed by atoms with Crippen LogP contribution >= 0.6 is 0 Å². The zero-order chi connectivity index (χ0) is 17.5.